The molecule has 9 aromatic carbocycles. The number of nitrogens with zero attached hydrogens (tertiary/aromatic N) is 2. The van der Waals surface area contributed by atoms with Crippen molar-refractivity contribution in [3.05, 3.63) is 229 Å². The molecule has 0 amide bonds. The molecular formula is C57H45BN2Si. The van der Waals surface area contributed by atoms with Gasteiger partial charge in [-0.15, -0.1) is 0 Å². The van der Waals surface area contributed by atoms with Gasteiger partial charge in [0, 0.05) is 39.1 Å². The maximum absolute atomic E-state index is 2.72. The highest BCUT2D eigenvalue weighted by atomic mass is 28.3. The molecule has 4 heteroatoms. The molecule has 61 heavy (non-hydrogen) atoms. The van der Waals surface area contributed by atoms with Gasteiger partial charge in [0.25, 0.3) is 0 Å². The number of rotatable bonds is 7. The standard InChI is InChI=1S/C57H45BN2Si/c1-39-27-33-53-50(35-39)51-36-40(2)28-34-54(51)59(53)44-37-41(3)56-55(38-44)60(57-49(25-16-26-52(57)58-56)42-17-8-4-9-18-42)43-29-31-48(32-30-43)61(45-19-10-5-11-20-45,46-21-12-6-13-22-46)47-23-14-7-15-24-47/h4-38,58H,1-3H3. The maximum Gasteiger partial charge on any atom is 0.198 e. The highest BCUT2D eigenvalue weighted by Crippen LogP contribution is 2.43. The smallest absolute Gasteiger partial charge is 0.198 e. The van der Waals surface area contributed by atoms with Gasteiger partial charge in [0.1, 0.15) is 0 Å². The third-order valence-electron chi connectivity index (χ3n) is 13.0. The Kier molecular flexibility index (Phi) is 8.98. The van der Waals surface area contributed by atoms with Crippen LogP contribution in [0, 0.1) is 20.8 Å². The normalized spacial score (nSPS) is 12.3. The summed E-state index contributed by atoms with van der Waals surface area (Å²) in [5.74, 6) is 0. The number of aryl methyl sites for hydroxylation is 3. The van der Waals surface area contributed by atoms with Crippen molar-refractivity contribution in [2.45, 2.75) is 20.8 Å². The van der Waals surface area contributed by atoms with Crippen molar-refractivity contribution in [1.29, 1.82) is 0 Å². The Morgan fingerprint density at radius 3 is 1.48 bits per heavy atom. The van der Waals surface area contributed by atoms with Crippen LogP contribution in [-0.4, -0.2) is 19.9 Å². The average Bonchev–Trinajstić information content (AvgIpc) is 3.62. The molecule has 290 valence electrons. The molecule has 0 aliphatic carbocycles. The van der Waals surface area contributed by atoms with Crippen LogP contribution < -0.4 is 36.6 Å². The fraction of sp³-hybridized carbons (Fsp3) is 0.0526. The van der Waals surface area contributed by atoms with Gasteiger partial charge in [0.05, 0.1) is 11.0 Å². The Labute approximate surface area is 360 Å². The summed E-state index contributed by atoms with van der Waals surface area (Å²) in [5.41, 5.74) is 16.2. The zero-order chi connectivity index (χ0) is 41.1. The molecule has 1 aromatic heterocycles. The van der Waals surface area contributed by atoms with Crippen LogP contribution in [0.1, 0.15) is 16.7 Å². The van der Waals surface area contributed by atoms with Crippen molar-refractivity contribution in [3.8, 4) is 16.8 Å². The Hall–Kier alpha value is -7.14. The van der Waals surface area contributed by atoms with Crippen LogP contribution in [0.15, 0.2) is 212 Å². The van der Waals surface area contributed by atoms with Gasteiger partial charge in [-0.25, -0.2) is 0 Å². The number of anilines is 3. The van der Waals surface area contributed by atoms with E-state index >= 15 is 0 Å². The summed E-state index contributed by atoms with van der Waals surface area (Å²) in [4.78, 5) is 2.57. The lowest BCUT2D eigenvalue weighted by Crippen LogP contribution is -2.74. The molecule has 0 N–H and O–H groups in total. The van der Waals surface area contributed by atoms with Gasteiger partial charge in [-0.05, 0) is 95.6 Å². The van der Waals surface area contributed by atoms with E-state index in [-0.39, 0.29) is 0 Å². The van der Waals surface area contributed by atoms with Gasteiger partial charge in [-0.2, -0.15) is 0 Å². The van der Waals surface area contributed by atoms with E-state index in [1.165, 1.54) is 98.4 Å². The van der Waals surface area contributed by atoms with Gasteiger partial charge in [0.2, 0.25) is 0 Å². The third kappa shape index (κ3) is 6.01. The number of hydrogen-bond donors (Lipinski definition) is 0. The Balaban J connectivity index is 1.17. The zero-order valence-electron chi connectivity index (χ0n) is 34.8. The molecule has 0 unspecified atom stereocenters. The number of para-hydroxylation sites is 1. The van der Waals surface area contributed by atoms with E-state index in [2.05, 4.69) is 243 Å². The SMILES string of the molecule is Cc1ccc2c(c1)c1cc(C)ccc1n2-c1cc(C)c2c(c1)N(c1ccc([Si](c3ccccc3)(c3ccccc3)c3ccccc3)cc1)c1c(cccc1-c1ccccc1)B2. The molecule has 0 atom stereocenters. The van der Waals surface area contributed by atoms with E-state index in [0.29, 0.717) is 0 Å². The fourth-order valence-corrected chi connectivity index (χ4v) is 15.0. The summed E-state index contributed by atoms with van der Waals surface area (Å²) in [6.45, 7) is 6.69. The fourth-order valence-electron chi connectivity index (χ4n) is 10.2. The van der Waals surface area contributed by atoms with E-state index in [0.717, 1.165) is 13.0 Å². The van der Waals surface area contributed by atoms with Gasteiger partial charge in [-0.1, -0.05) is 191 Å². The second-order valence-electron chi connectivity index (χ2n) is 16.7. The van der Waals surface area contributed by atoms with Gasteiger partial charge in [0.15, 0.2) is 15.4 Å². The van der Waals surface area contributed by atoms with Crippen molar-refractivity contribution in [2.24, 2.45) is 0 Å². The van der Waals surface area contributed by atoms with Crippen molar-refractivity contribution in [2.75, 3.05) is 4.90 Å². The van der Waals surface area contributed by atoms with Crippen molar-refractivity contribution < 1.29 is 0 Å². The highest BCUT2D eigenvalue weighted by molar-refractivity contribution is 7.19. The number of hydrogen-bond acceptors (Lipinski definition) is 1. The molecular weight excluding hydrogens is 752 g/mol. The summed E-state index contributed by atoms with van der Waals surface area (Å²) >= 11 is 0. The highest BCUT2D eigenvalue weighted by Gasteiger charge is 2.41. The lowest BCUT2D eigenvalue weighted by molar-refractivity contribution is 1.16. The minimum atomic E-state index is -2.72. The van der Waals surface area contributed by atoms with E-state index in [4.69, 9.17) is 0 Å². The average molecular weight is 797 g/mol. The zero-order valence-corrected chi connectivity index (χ0v) is 35.8. The largest absolute Gasteiger partial charge is 0.311 e. The Morgan fingerprint density at radius 2 is 0.934 bits per heavy atom. The summed E-state index contributed by atoms with van der Waals surface area (Å²) in [7, 11) is -1.85. The third-order valence-corrected chi connectivity index (χ3v) is 17.8. The molecule has 0 bridgehead atoms. The first-order valence-electron chi connectivity index (χ1n) is 21.4. The van der Waals surface area contributed by atoms with Crippen molar-refractivity contribution >= 4 is 85.9 Å². The predicted octanol–water partition coefficient (Wildman–Crippen LogP) is 9.92. The molecule has 11 rings (SSSR count). The molecule has 0 spiro atoms. The predicted molar refractivity (Wildman–Crippen MR) is 265 cm³/mol. The van der Waals surface area contributed by atoms with Crippen LogP contribution in [-0.2, 0) is 0 Å². The molecule has 0 saturated heterocycles. The molecule has 0 saturated carbocycles. The maximum atomic E-state index is 2.57. The first kappa shape index (κ1) is 36.9. The van der Waals surface area contributed by atoms with Crippen molar-refractivity contribution in [3.63, 3.8) is 0 Å². The van der Waals surface area contributed by atoms with Gasteiger partial charge in [-0.3, -0.25) is 0 Å². The van der Waals surface area contributed by atoms with E-state index in [1.54, 1.807) is 0 Å². The van der Waals surface area contributed by atoms with E-state index in [1.807, 2.05) is 0 Å². The minimum absolute atomic E-state index is 0.865. The first-order chi connectivity index (χ1) is 30.0. The molecule has 0 radical (unpaired) electrons. The summed E-state index contributed by atoms with van der Waals surface area (Å²) < 4.78 is 2.48. The van der Waals surface area contributed by atoms with E-state index in [9.17, 15) is 0 Å². The molecule has 2 heterocycles. The molecule has 10 aromatic rings. The van der Waals surface area contributed by atoms with Crippen LogP contribution >= 0.6 is 0 Å². The summed E-state index contributed by atoms with van der Waals surface area (Å²) in [5, 5.41) is 8.06. The monoisotopic (exact) mass is 796 g/mol. The summed E-state index contributed by atoms with van der Waals surface area (Å²) in [6, 6.07) is 79.7. The number of benzene rings is 9. The first-order valence-corrected chi connectivity index (χ1v) is 23.4. The second kappa shape index (κ2) is 14.8. The lowest BCUT2D eigenvalue weighted by Gasteiger charge is -2.37. The van der Waals surface area contributed by atoms with Crippen LogP contribution in [0.5, 0.6) is 0 Å². The number of fused-ring (bicyclic) bond motifs is 5. The Bertz CT molecular complexity index is 3080. The van der Waals surface area contributed by atoms with Crippen LogP contribution in [0.3, 0.4) is 0 Å². The lowest BCUT2D eigenvalue weighted by atomic mass is 9.58. The minimum Gasteiger partial charge on any atom is -0.311 e. The van der Waals surface area contributed by atoms with Crippen LogP contribution in [0.25, 0.3) is 38.6 Å². The van der Waals surface area contributed by atoms with Gasteiger partial charge >= 0.3 is 0 Å². The molecule has 1 aliphatic heterocycles. The summed E-state index contributed by atoms with van der Waals surface area (Å²) in [6.07, 6.45) is 0. The van der Waals surface area contributed by atoms with Crippen LogP contribution in [0.4, 0.5) is 17.1 Å². The van der Waals surface area contributed by atoms with Crippen molar-refractivity contribution in [1.82, 2.24) is 4.57 Å². The molecule has 0 fully saturated rings. The quantitative estimate of drug-likeness (QED) is 0.115. The number of aromatic nitrogens is 1. The van der Waals surface area contributed by atoms with E-state index < -0.39 is 8.07 Å². The molecule has 1 aliphatic rings. The van der Waals surface area contributed by atoms with Gasteiger partial charge < -0.3 is 9.47 Å². The van der Waals surface area contributed by atoms with Crippen LogP contribution in [0.2, 0.25) is 0 Å². The second-order valence-corrected chi connectivity index (χ2v) is 20.5. The topological polar surface area (TPSA) is 8.17 Å². The molecule has 2 nitrogen and oxygen atoms in total. The Morgan fingerprint density at radius 1 is 0.426 bits per heavy atom.